The van der Waals surface area contributed by atoms with E-state index in [1.807, 2.05) is 18.2 Å². The molecule has 3 aromatic carbocycles. The van der Waals surface area contributed by atoms with Crippen LogP contribution in [0.5, 0.6) is 0 Å². The van der Waals surface area contributed by atoms with Crippen LogP contribution in [0.3, 0.4) is 0 Å². The molecule has 3 heterocycles. The molecule has 0 aromatic heterocycles. The molecule has 0 saturated carbocycles. The molecule has 38 heavy (non-hydrogen) atoms. The van der Waals surface area contributed by atoms with Crippen LogP contribution >= 0.6 is 0 Å². The van der Waals surface area contributed by atoms with E-state index >= 15 is 4.39 Å². The van der Waals surface area contributed by atoms with Gasteiger partial charge >= 0.3 is 6.09 Å². The quantitative estimate of drug-likeness (QED) is 0.404. The molecule has 3 aromatic rings. The molecule has 6 nitrogen and oxygen atoms in total. The molecular formula is C30H32F2N3O3+. The summed E-state index contributed by atoms with van der Waals surface area (Å²) in [6.07, 6.45) is 1.25. The van der Waals surface area contributed by atoms with Crippen LogP contribution in [0.25, 0.3) is 0 Å². The molecule has 0 unspecified atom stereocenters. The maximum atomic E-state index is 15.1. The van der Waals surface area contributed by atoms with Gasteiger partial charge in [0.2, 0.25) is 0 Å². The van der Waals surface area contributed by atoms with Crippen LogP contribution in [0, 0.1) is 17.6 Å². The lowest BCUT2D eigenvalue weighted by Gasteiger charge is -2.52. The fourth-order valence-electron chi connectivity index (χ4n) is 5.68. The smallest absolute Gasteiger partial charge is 0.412 e. The maximum absolute atomic E-state index is 15.1. The highest BCUT2D eigenvalue weighted by Gasteiger charge is 2.47. The molecule has 1 atom stereocenters. The topological polar surface area (TPSA) is 67.4 Å². The molecule has 6 rings (SSSR count). The normalized spacial score (nSPS) is 22.1. The van der Waals surface area contributed by atoms with E-state index in [2.05, 4.69) is 10.6 Å². The summed E-state index contributed by atoms with van der Waals surface area (Å²) in [6.45, 7) is 3.99. The number of nitrogens with zero attached hydrogens (tertiary/aromatic N) is 1. The number of piperidine rings is 3. The minimum Gasteiger partial charge on any atom is -0.440 e. The number of benzene rings is 3. The number of hydrogen-bond donors (Lipinski definition) is 2. The lowest BCUT2D eigenvalue weighted by Crippen LogP contribution is -2.65. The average molecular weight is 521 g/mol. The van der Waals surface area contributed by atoms with Gasteiger partial charge in [0, 0.05) is 30.7 Å². The number of ether oxygens (including phenoxy) is 1. The number of rotatable bonds is 8. The summed E-state index contributed by atoms with van der Waals surface area (Å²) in [5.74, 6) is -0.678. The van der Waals surface area contributed by atoms with E-state index in [0.29, 0.717) is 24.2 Å². The zero-order valence-electron chi connectivity index (χ0n) is 21.2. The number of carbonyl (C=O) groups excluding carboxylic acids is 2. The van der Waals surface area contributed by atoms with Gasteiger partial charge < -0.3 is 14.5 Å². The fourth-order valence-corrected chi connectivity index (χ4v) is 5.68. The third-order valence-electron chi connectivity index (χ3n) is 7.83. The zero-order chi connectivity index (χ0) is 26.5. The molecule has 2 bridgehead atoms. The number of amides is 2. The first kappa shape index (κ1) is 25.9. The van der Waals surface area contributed by atoms with Gasteiger partial charge in [-0.3, -0.25) is 10.1 Å². The van der Waals surface area contributed by atoms with Crippen LogP contribution in [0.15, 0.2) is 72.8 Å². The highest BCUT2D eigenvalue weighted by atomic mass is 19.1. The van der Waals surface area contributed by atoms with Gasteiger partial charge in [-0.1, -0.05) is 42.5 Å². The van der Waals surface area contributed by atoms with Crippen molar-refractivity contribution < 1.29 is 27.6 Å². The Hall–Kier alpha value is -3.78. The number of hydrogen-bond acceptors (Lipinski definition) is 3. The van der Waals surface area contributed by atoms with E-state index in [0.717, 1.165) is 42.5 Å². The van der Waals surface area contributed by atoms with Crippen LogP contribution in [-0.2, 0) is 11.2 Å². The highest BCUT2D eigenvalue weighted by Crippen LogP contribution is 2.35. The molecule has 3 fully saturated rings. The van der Waals surface area contributed by atoms with E-state index in [1.54, 1.807) is 36.4 Å². The molecule has 0 radical (unpaired) electrons. The Labute approximate surface area is 221 Å². The van der Waals surface area contributed by atoms with Gasteiger partial charge in [-0.2, -0.15) is 0 Å². The molecule has 0 spiro atoms. The molecule has 198 valence electrons. The van der Waals surface area contributed by atoms with Crippen molar-refractivity contribution in [2.45, 2.75) is 25.4 Å². The Morgan fingerprint density at radius 1 is 0.921 bits per heavy atom. The van der Waals surface area contributed by atoms with Crippen molar-refractivity contribution in [2.75, 3.05) is 38.0 Å². The predicted molar refractivity (Wildman–Crippen MR) is 141 cm³/mol. The van der Waals surface area contributed by atoms with E-state index < -0.39 is 11.9 Å². The second kappa shape index (κ2) is 11.3. The van der Waals surface area contributed by atoms with Crippen LogP contribution in [0.2, 0.25) is 0 Å². The first-order valence-electron chi connectivity index (χ1n) is 13.1. The van der Waals surface area contributed by atoms with Gasteiger partial charge in [-0.15, -0.1) is 0 Å². The minimum atomic E-state index is -0.669. The SMILES string of the molecule is O=C(Nc1cccc(Cc2ccc(F)cc2)c1F)O[C@H]1C[N+]2(CCNC(=O)c3ccccc3)CCC1CC2. The molecule has 3 aliphatic rings. The number of carbonyl (C=O) groups is 2. The van der Waals surface area contributed by atoms with Gasteiger partial charge in [-0.25, -0.2) is 13.6 Å². The zero-order valence-corrected chi connectivity index (χ0v) is 21.2. The van der Waals surface area contributed by atoms with Gasteiger partial charge in [0.1, 0.15) is 18.2 Å². The van der Waals surface area contributed by atoms with Gasteiger partial charge in [0.05, 0.1) is 31.9 Å². The van der Waals surface area contributed by atoms with Crippen molar-refractivity contribution in [1.82, 2.24) is 5.32 Å². The summed E-state index contributed by atoms with van der Waals surface area (Å²) in [5.41, 5.74) is 1.87. The maximum Gasteiger partial charge on any atom is 0.412 e. The first-order valence-corrected chi connectivity index (χ1v) is 13.1. The van der Waals surface area contributed by atoms with Crippen molar-refractivity contribution in [2.24, 2.45) is 5.92 Å². The molecule has 0 aliphatic carbocycles. The molecule has 2 amide bonds. The average Bonchev–Trinajstić information content (AvgIpc) is 2.93. The standard InChI is InChI=1S/C30H31F2N3O3/c31-25-11-9-21(10-12-25)19-24-7-4-8-26(28(24)32)34-30(37)38-27-20-35(16-13-22(27)14-17-35)18-15-33-29(36)23-5-2-1-3-6-23/h1-12,22,27H,13-20H2,(H-,33,34,36,37)/p+1/t22?,27-,35?/m0/s1. The lowest BCUT2D eigenvalue weighted by molar-refractivity contribution is -0.945. The number of quaternary nitrogens is 1. The first-order chi connectivity index (χ1) is 18.4. The fraction of sp³-hybridized carbons (Fsp3) is 0.333. The monoisotopic (exact) mass is 520 g/mol. The van der Waals surface area contributed by atoms with Gasteiger partial charge in [-0.05, 0) is 41.5 Å². The van der Waals surface area contributed by atoms with Crippen LogP contribution in [-0.4, -0.2) is 55.3 Å². The Balaban J connectivity index is 1.16. The second-order valence-electron chi connectivity index (χ2n) is 10.3. The summed E-state index contributed by atoms with van der Waals surface area (Å²) in [6, 6.07) is 19.9. The van der Waals surface area contributed by atoms with Crippen LogP contribution < -0.4 is 10.6 Å². The van der Waals surface area contributed by atoms with Crippen molar-refractivity contribution in [3.05, 3.63) is 101 Å². The lowest BCUT2D eigenvalue weighted by atomic mass is 9.83. The molecular weight excluding hydrogens is 488 g/mol. The Bertz CT molecular complexity index is 1280. The number of halogens is 2. The Morgan fingerprint density at radius 3 is 2.39 bits per heavy atom. The van der Waals surface area contributed by atoms with Crippen LogP contribution in [0.1, 0.15) is 34.3 Å². The van der Waals surface area contributed by atoms with E-state index in [-0.39, 0.29) is 35.9 Å². The van der Waals surface area contributed by atoms with Gasteiger partial charge in [0.15, 0.2) is 6.10 Å². The van der Waals surface area contributed by atoms with Crippen molar-refractivity contribution in [1.29, 1.82) is 0 Å². The summed E-state index contributed by atoms with van der Waals surface area (Å²) >= 11 is 0. The Kier molecular flexibility index (Phi) is 7.69. The van der Waals surface area contributed by atoms with E-state index in [1.165, 1.54) is 18.2 Å². The van der Waals surface area contributed by atoms with Crippen molar-refractivity contribution >= 4 is 17.7 Å². The molecule has 8 heteroatoms. The van der Waals surface area contributed by atoms with Crippen molar-refractivity contribution in [3.63, 3.8) is 0 Å². The third-order valence-corrected chi connectivity index (χ3v) is 7.83. The Morgan fingerprint density at radius 2 is 1.66 bits per heavy atom. The summed E-state index contributed by atoms with van der Waals surface area (Å²) in [7, 11) is 0. The highest BCUT2D eigenvalue weighted by molar-refractivity contribution is 5.94. The number of anilines is 1. The molecule has 3 saturated heterocycles. The second-order valence-corrected chi connectivity index (χ2v) is 10.3. The number of fused-ring (bicyclic) bond motifs is 3. The largest absolute Gasteiger partial charge is 0.440 e. The summed E-state index contributed by atoms with van der Waals surface area (Å²) in [5, 5.41) is 5.59. The van der Waals surface area contributed by atoms with E-state index in [9.17, 15) is 14.0 Å². The number of nitrogens with one attached hydrogen (secondary N) is 2. The molecule has 2 N–H and O–H groups in total. The van der Waals surface area contributed by atoms with Crippen LogP contribution in [0.4, 0.5) is 19.3 Å². The molecule has 3 aliphatic heterocycles. The minimum absolute atomic E-state index is 0.0587. The summed E-state index contributed by atoms with van der Waals surface area (Å²) in [4.78, 5) is 25.2. The van der Waals surface area contributed by atoms with Gasteiger partial charge in [0.25, 0.3) is 5.91 Å². The third kappa shape index (κ3) is 6.02. The van der Waals surface area contributed by atoms with Crippen molar-refractivity contribution in [3.8, 4) is 0 Å². The predicted octanol–water partition coefficient (Wildman–Crippen LogP) is 5.14. The summed E-state index contributed by atoms with van der Waals surface area (Å²) < 4.78 is 34.9. The van der Waals surface area contributed by atoms with E-state index in [4.69, 9.17) is 4.74 Å².